The van der Waals surface area contributed by atoms with Crippen LogP contribution in [-0.2, 0) is 4.79 Å². The van der Waals surface area contributed by atoms with Crippen LogP contribution >= 0.6 is 23.4 Å². The second-order valence-electron chi connectivity index (χ2n) is 7.46. The fourth-order valence-electron chi connectivity index (χ4n) is 3.41. The fraction of sp³-hybridized carbons (Fsp3) is 0.0400. The molecule has 9 nitrogen and oxygen atoms in total. The van der Waals surface area contributed by atoms with E-state index < -0.39 is 11.9 Å². The summed E-state index contributed by atoms with van der Waals surface area (Å²) in [4.78, 5) is 33.4. The number of hydrogen-bond donors (Lipinski definition) is 1. The standard InChI is InChI=1S/C25H16ClN5O4S/c1-34-19-12-14(11-18(26)20(19)35-24(33)15-6-3-2-4-7-15)10-17-21(27)31-25(29-22(17)32)36-23(30-31)16-8-5-9-28-13-16/h2-13,27H,1H3. The van der Waals surface area contributed by atoms with Gasteiger partial charge in [-0.15, -0.1) is 0 Å². The number of thioether (sulfide) groups is 1. The number of carbonyl (C=O) groups excluding carboxylic acids is 2. The van der Waals surface area contributed by atoms with Crippen LogP contribution in [0.2, 0.25) is 5.02 Å². The molecule has 0 bridgehead atoms. The Balaban J connectivity index is 1.44. The topological polar surface area (TPSA) is 117 Å². The predicted molar refractivity (Wildman–Crippen MR) is 138 cm³/mol. The monoisotopic (exact) mass is 517 g/mol. The first-order chi connectivity index (χ1) is 17.4. The number of nitrogens with zero attached hydrogens (tertiary/aromatic N) is 4. The van der Waals surface area contributed by atoms with E-state index in [0.717, 1.165) is 5.56 Å². The molecule has 2 aliphatic rings. The molecule has 0 saturated carbocycles. The summed E-state index contributed by atoms with van der Waals surface area (Å²) in [7, 11) is 1.41. The molecule has 2 aromatic carbocycles. The summed E-state index contributed by atoms with van der Waals surface area (Å²) in [5, 5.41) is 15.3. The Morgan fingerprint density at radius 3 is 2.69 bits per heavy atom. The van der Waals surface area contributed by atoms with Crippen LogP contribution in [0.15, 0.2) is 82.7 Å². The number of hydrogen-bond acceptors (Lipinski definition) is 8. The summed E-state index contributed by atoms with van der Waals surface area (Å²) in [6, 6.07) is 15.1. The molecule has 178 valence electrons. The van der Waals surface area contributed by atoms with Gasteiger partial charge in [0.2, 0.25) is 5.17 Å². The number of esters is 1. The summed E-state index contributed by atoms with van der Waals surface area (Å²) in [6.45, 7) is 0. The van der Waals surface area contributed by atoms with Crippen molar-refractivity contribution in [2.75, 3.05) is 7.11 Å². The number of fused-ring (bicyclic) bond motifs is 1. The van der Waals surface area contributed by atoms with Crippen LogP contribution in [-0.4, -0.2) is 45.0 Å². The van der Waals surface area contributed by atoms with Crippen molar-refractivity contribution >= 4 is 57.4 Å². The Morgan fingerprint density at radius 2 is 1.97 bits per heavy atom. The average molecular weight is 518 g/mol. The summed E-state index contributed by atoms with van der Waals surface area (Å²) >= 11 is 7.60. The number of amides is 1. The van der Waals surface area contributed by atoms with Crippen LogP contribution in [0.3, 0.4) is 0 Å². The van der Waals surface area contributed by atoms with Gasteiger partial charge in [0, 0.05) is 18.0 Å². The van der Waals surface area contributed by atoms with Crippen LogP contribution in [0, 0.1) is 5.41 Å². The summed E-state index contributed by atoms with van der Waals surface area (Å²) < 4.78 is 10.8. The summed E-state index contributed by atoms with van der Waals surface area (Å²) in [5.41, 5.74) is 1.57. The zero-order chi connectivity index (χ0) is 25.2. The van der Waals surface area contributed by atoms with Crippen molar-refractivity contribution in [2.45, 2.75) is 0 Å². The number of ether oxygens (including phenoxy) is 2. The number of halogens is 1. The molecule has 36 heavy (non-hydrogen) atoms. The van der Waals surface area contributed by atoms with Crippen LogP contribution in [0.25, 0.3) is 6.08 Å². The van der Waals surface area contributed by atoms with Crippen molar-refractivity contribution in [2.24, 2.45) is 10.1 Å². The lowest BCUT2D eigenvalue weighted by Crippen LogP contribution is -2.35. The normalized spacial score (nSPS) is 15.9. The Kier molecular flexibility index (Phi) is 6.36. The summed E-state index contributed by atoms with van der Waals surface area (Å²) in [6.07, 6.45) is 4.76. The number of hydrazone groups is 1. The molecule has 3 heterocycles. The van der Waals surface area contributed by atoms with Crippen LogP contribution in [0.1, 0.15) is 21.5 Å². The minimum absolute atomic E-state index is 0.0164. The highest BCUT2D eigenvalue weighted by Crippen LogP contribution is 2.38. The van der Waals surface area contributed by atoms with E-state index in [2.05, 4.69) is 15.1 Å². The second kappa shape index (κ2) is 9.76. The molecule has 0 aliphatic carbocycles. The number of aromatic nitrogens is 1. The molecule has 2 aliphatic heterocycles. The molecule has 0 spiro atoms. The first-order valence-electron chi connectivity index (χ1n) is 10.5. The van der Waals surface area contributed by atoms with Gasteiger partial charge < -0.3 is 9.47 Å². The number of amidine groups is 2. The Labute approximate surface area is 214 Å². The number of rotatable bonds is 5. The first-order valence-corrected chi connectivity index (χ1v) is 11.7. The Bertz CT molecular complexity index is 1490. The van der Waals surface area contributed by atoms with Crippen LogP contribution < -0.4 is 9.47 Å². The molecule has 5 rings (SSSR count). The fourth-order valence-corrected chi connectivity index (χ4v) is 4.55. The second-order valence-corrected chi connectivity index (χ2v) is 8.82. The van der Waals surface area contributed by atoms with Crippen molar-refractivity contribution in [1.82, 2.24) is 9.99 Å². The Morgan fingerprint density at radius 1 is 1.17 bits per heavy atom. The van der Waals surface area contributed by atoms with Gasteiger partial charge in [0.25, 0.3) is 5.91 Å². The molecule has 0 unspecified atom stereocenters. The van der Waals surface area contributed by atoms with E-state index in [-0.39, 0.29) is 27.9 Å². The van der Waals surface area contributed by atoms with Gasteiger partial charge in [-0.2, -0.15) is 15.1 Å². The third-order valence-electron chi connectivity index (χ3n) is 5.13. The molecular formula is C25H16ClN5O4S. The van der Waals surface area contributed by atoms with Crippen molar-refractivity contribution in [1.29, 1.82) is 5.41 Å². The van der Waals surface area contributed by atoms with E-state index in [1.54, 1.807) is 54.9 Å². The molecule has 1 N–H and O–H groups in total. The SMILES string of the molecule is COc1cc(C=C2C(=N)N3N=C(c4cccnc4)SC3=NC2=O)cc(Cl)c1OC(=O)c1ccccc1. The van der Waals surface area contributed by atoms with Gasteiger partial charge in [0.05, 0.1) is 23.3 Å². The van der Waals surface area contributed by atoms with Gasteiger partial charge in [0.15, 0.2) is 17.3 Å². The molecule has 0 fully saturated rings. The maximum atomic E-state index is 12.8. The molecule has 1 amide bonds. The molecule has 11 heteroatoms. The lowest BCUT2D eigenvalue weighted by molar-refractivity contribution is -0.114. The molecule has 0 atom stereocenters. The number of aliphatic imine (C=N–C) groups is 1. The number of nitrogens with one attached hydrogen (secondary N) is 1. The highest BCUT2D eigenvalue weighted by molar-refractivity contribution is 8.27. The van der Waals surface area contributed by atoms with Gasteiger partial charge in [-0.05, 0) is 59.8 Å². The van der Waals surface area contributed by atoms with Gasteiger partial charge in [-0.25, -0.2) is 4.79 Å². The minimum Gasteiger partial charge on any atom is -0.493 e. The molecular weight excluding hydrogens is 502 g/mol. The highest BCUT2D eigenvalue weighted by atomic mass is 35.5. The third kappa shape index (κ3) is 4.51. The molecule has 3 aromatic rings. The van der Waals surface area contributed by atoms with Gasteiger partial charge in [-0.1, -0.05) is 29.8 Å². The zero-order valence-corrected chi connectivity index (χ0v) is 20.2. The minimum atomic E-state index is -0.596. The van der Waals surface area contributed by atoms with E-state index in [0.29, 0.717) is 21.3 Å². The zero-order valence-electron chi connectivity index (χ0n) is 18.6. The van der Waals surface area contributed by atoms with Crippen molar-refractivity contribution in [3.63, 3.8) is 0 Å². The van der Waals surface area contributed by atoms with E-state index in [1.165, 1.54) is 36.0 Å². The largest absolute Gasteiger partial charge is 0.493 e. The average Bonchev–Trinajstić information content (AvgIpc) is 3.33. The maximum absolute atomic E-state index is 12.8. The lowest BCUT2D eigenvalue weighted by atomic mass is 10.1. The molecule has 0 radical (unpaired) electrons. The van der Waals surface area contributed by atoms with Gasteiger partial charge in [-0.3, -0.25) is 15.2 Å². The van der Waals surface area contributed by atoms with E-state index in [4.69, 9.17) is 26.5 Å². The van der Waals surface area contributed by atoms with Gasteiger partial charge in [0.1, 0.15) is 5.04 Å². The predicted octanol–water partition coefficient (Wildman–Crippen LogP) is 4.63. The Hall–Kier alpha value is -4.28. The van der Waals surface area contributed by atoms with E-state index in [9.17, 15) is 9.59 Å². The number of pyridine rings is 1. The number of carbonyl (C=O) groups is 2. The highest BCUT2D eigenvalue weighted by Gasteiger charge is 2.36. The van der Waals surface area contributed by atoms with E-state index in [1.807, 2.05) is 6.07 Å². The van der Waals surface area contributed by atoms with Crippen LogP contribution in [0.4, 0.5) is 0 Å². The maximum Gasteiger partial charge on any atom is 0.343 e. The summed E-state index contributed by atoms with van der Waals surface area (Å²) in [5.74, 6) is -1.09. The smallest absolute Gasteiger partial charge is 0.343 e. The number of methoxy groups -OCH3 is 1. The van der Waals surface area contributed by atoms with Crippen molar-refractivity contribution in [3.8, 4) is 11.5 Å². The third-order valence-corrected chi connectivity index (χ3v) is 6.37. The van der Waals surface area contributed by atoms with Crippen LogP contribution in [0.5, 0.6) is 11.5 Å². The quantitative estimate of drug-likeness (QED) is 0.298. The molecule has 1 aromatic heterocycles. The van der Waals surface area contributed by atoms with Gasteiger partial charge >= 0.3 is 5.97 Å². The lowest BCUT2D eigenvalue weighted by Gasteiger charge is -2.20. The van der Waals surface area contributed by atoms with E-state index >= 15 is 0 Å². The molecule has 0 saturated heterocycles. The van der Waals surface area contributed by atoms with Crippen molar-refractivity contribution in [3.05, 3.63) is 94.3 Å². The first kappa shape index (κ1) is 23.5. The van der Waals surface area contributed by atoms with Crippen molar-refractivity contribution < 1.29 is 19.1 Å². The number of benzene rings is 2.